The molecule has 2 heterocycles. The van der Waals surface area contributed by atoms with Crippen LogP contribution >= 0.6 is 0 Å². The number of hydrogen-bond acceptors (Lipinski definition) is 5. The predicted octanol–water partition coefficient (Wildman–Crippen LogP) is 3.33. The summed E-state index contributed by atoms with van der Waals surface area (Å²) in [6.07, 6.45) is 4.47. The maximum atomic E-state index is 6.09. The van der Waals surface area contributed by atoms with Crippen LogP contribution in [0.1, 0.15) is 25.0 Å². The third kappa shape index (κ3) is 6.94. The number of nitrogens with zero attached hydrogens (tertiary/aromatic N) is 2. The van der Waals surface area contributed by atoms with Crippen LogP contribution in [0.25, 0.3) is 0 Å². The van der Waals surface area contributed by atoms with E-state index < -0.39 is 0 Å². The van der Waals surface area contributed by atoms with Crippen LogP contribution in [0.15, 0.2) is 48.8 Å². The fraction of sp³-hybridized carbons (Fsp3) is 0.500. The SMILES string of the molecule is CC(C)(Cc1ccc(OCCN2CCOCC2)cc1)OCc1cccnc1. The Kier molecular flexibility index (Phi) is 7.21. The highest BCUT2D eigenvalue weighted by molar-refractivity contribution is 5.28. The summed E-state index contributed by atoms with van der Waals surface area (Å²) < 4.78 is 17.3. The van der Waals surface area contributed by atoms with E-state index in [4.69, 9.17) is 14.2 Å². The summed E-state index contributed by atoms with van der Waals surface area (Å²) in [6.45, 7) is 10.1. The molecule has 1 fully saturated rings. The minimum absolute atomic E-state index is 0.242. The molecule has 2 aromatic rings. The fourth-order valence-corrected chi connectivity index (χ4v) is 3.13. The van der Waals surface area contributed by atoms with Gasteiger partial charge in [-0.05, 0) is 43.2 Å². The van der Waals surface area contributed by atoms with Gasteiger partial charge in [0.2, 0.25) is 0 Å². The molecule has 0 amide bonds. The van der Waals surface area contributed by atoms with Crippen LogP contribution < -0.4 is 4.74 Å². The van der Waals surface area contributed by atoms with Crippen molar-refractivity contribution in [2.24, 2.45) is 0 Å². The molecule has 3 rings (SSSR count). The number of hydrogen-bond donors (Lipinski definition) is 0. The lowest BCUT2D eigenvalue weighted by molar-refractivity contribution is -0.0288. The Balaban J connectivity index is 1.42. The molecule has 0 atom stereocenters. The number of rotatable bonds is 9. The standard InChI is InChI=1S/C22H30N2O3/c1-22(2,27-18-20-4-3-9-23-17-20)16-19-5-7-21(8-6-19)26-15-12-24-10-13-25-14-11-24/h3-9,17H,10-16,18H2,1-2H3. The second kappa shape index (κ2) is 9.83. The Morgan fingerprint density at radius 1 is 1.07 bits per heavy atom. The van der Waals surface area contributed by atoms with Crippen LogP contribution in [0.2, 0.25) is 0 Å². The summed E-state index contributed by atoms with van der Waals surface area (Å²) in [7, 11) is 0. The van der Waals surface area contributed by atoms with Crippen molar-refractivity contribution in [3.05, 3.63) is 59.9 Å². The van der Waals surface area contributed by atoms with Gasteiger partial charge in [0.25, 0.3) is 0 Å². The molecule has 0 unspecified atom stereocenters. The van der Waals surface area contributed by atoms with Gasteiger partial charge in [-0.1, -0.05) is 18.2 Å². The van der Waals surface area contributed by atoms with Gasteiger partial charge in [0.15, 0.2) is 0 Å². The number of benzene rings is 1. The van der Waals surface area contributed by atoms with E-state index in [1.807, 2.05) is 30.5 Å². The van der Waals surface area contributed by atoms with E-state index in [0.29, 0.717) is 13.2 Å². The van der Waals surface area contributed by atoms with E-state index in [-0.39, 0.29) is 5.60 Å². The van der Waals surface area contributed by atoms with Gasteiger partial charge in [0, 0.05) is 38.4 Å². The summed E-state index contributed by atoms with van der Waals surface area (Å²) >= 11 is 0. The van der Waals surface area contributed by atoms with Crippen molar-refractivity contribution in [1.82, 2.24) is 9.88 Å². The first kappa shape index (κ1) is 19.8. The van der Waals surface area contributed by atoms with E-state index in [1.54, 1.807) is 6.20 Å². The summed E-state index contributed by atoms with van der Waals surface area (Å²) in [5.74, 6) is 0.918. The number of morpholine rings is 1. The molecule has 1 aliphatic rings. The van der Waals surface area contributed by atoms with Gasteiger partial charge >= 0.3 is 0 Å². The minimum atomic E-state index is -0.242. The maximum absolute atomic E-state index is 6.09. The van der Waals surface area contributed by atoms with Crippen molar-refractivity contribution in [1.29, 1.82) is 0 Å². The summed E-state index contributed by atoms with van der Waals surface area (Å²) in [6, 6.07) is 12.3. The molecule has 0 spiro atoms. The quantitative estimate of drug-likeness (QED) is 0.677. The fourth-order valence-electron chi connectivity index (χ4n) is 3.13. The smallest absolute Gasteiger partial charge is 0.119 e. The van der Waals surface area contributed by atoms with Gasteiger partial charge in [0.1, 0.15) is 12.4 Å². The number of aromatic nitrogens is 1. The zero-order chi connectivity index (χ0) is 19.0. The predicted molar refractivity (Wildman–Crippen MR) is 106 cm³/mol. The summed E-state index contributed by atoms with van der Waals surface area (Å²) in [5, 5.41) is 0. The molecule has 1 aromatic carbocycles. The largest absolute Gasteiger partial charge is 0.492 e. The average Bonchev–Trinajstić information content (AvgIpc) is 2.69. The normalized spacial score (nSPS) is 15.6. The van der Waals surface area contributed by atoms with Crippen LogP contribution in [0, 0.1) is 0 Å². The molecule has 1 aromatic heterocycles. The Labute approximate surface area is 162 Å². The number of pyridine rings is 1. The number of ether oxygens (including phenoxy) is 3. The molecule has 0 N–H and O–H groups in total. The topological polar surface area (TPSA) is 43.8 Å². The molecule has 146 valence electrons. The maximum Gasteiger partial charge on any atom is 0.119 e. The van der Waals surface area contributed by atoms with Gasteiger partial charge < -0.3 is 14.2 Å². The van der Waals surface area contributed by atoms with Gasteiger partial charge in [-0.2, -0.15) is 0 Å². The minimum Gasteiger partial charge on any atom is -0.492 e. The summed E-state index contributed by atoms with van der Waals surface area (Å²) in [5.41, 5.74) is 2.09. The van der Waals surface area contributed by atoms with E-state index in [9.17, 15) is 0 Å². The van der Waals surface area contributed by atoms with Crippen LogP contribution in [0.5, 0.6) is 5.75 Å². The van der Waals surface area contributed by atoms with Crippen molar-refractivity contribution in [2.75, 3.05) is 39.5 Å². The molecule has 5 nitrogen and oxygen atoms in total. The van der Waals surface area contributed by atoms with Gasteiger partial charge in [-0.25, -0.2) is 0 Å². The van der Waals surface area contributed by atoms with E-state index in [1.165, 1.54) is 5.56 Å². The Hall–Kier alpha value is -1.95. The molecular weight excluding hydrogens is 340 g/mol. The van der Waals surface area contributed by atoms with Crippen molar-refractivity contribution < 1.29 is 14.2 Å². The lowest BCUT2D eigenvalue weighted by Gasteiger charge is -2.26. The highest BCUT2D eigenvalue weighted by atomic mass is 16.5. The van der Waals surface area contributed by atoms with Crippen LogP contribution in [-0.2, 0) is 22.5 Å². The molecule has 5 heteroatoms. The molecule has 1 aliphatic heterocycles. The van der Waals surface area contributed by atoms with E-state index in [0.717, 1.165) is 50.6 Å². The zero-order valence-corrected chi connectivity index (χ0v) is 16.4. The average molecular weight is 370 g/mol. The Bertz CT molecular complexity index is 668. The van der Waals surface area contributed by atoms with Crippen LogP contribution in [-0.4, -0.2) is 54.9 Å². The highest BCUT2D eigenvalue weighted by Gasteiger charge is 2.19. The molecule has 0 saturated carbocycles. The summed E-state index contributed by atoms with van der Waals surface area (Å²) in [4.78, 5) is 6.51. The van der Waals surface area contributed by atoms with Crippen molar-refractivity contribution in [3.63, 3.8) is 0 Å². The lowest BCUT2D eigenvalue weighted by Crippen LogP contribution is -2.38. The Morgan fingerprint density at radius 3 is 2.56 bits per heavy atom. The first-order chi connectivity index (χ1) is 13.1. The van der Waals surface area contributed by atoms with Crippen molar-refractivity contribution >= 4 is 0 Å². The van der Waals surface area contributed by atoms with Crippen molar-refractivity contribution in [3.8, 4) is 5.75 Å². The molecular formula is C22H30N2O3. The molecule has 0 aliphatic carbocycles. The first-order valence-corrected chi connectivity index (χ1v) is 9.65. The van der Waals surface area contributed by atoms with E-state index in [2.05, 4.69) is 35.9 Å². The van der Waals surface area contributed by atoms with Crippen LogP contribution in [0.4, 0.5) is 0 Å². The zero-order valence-electron chi connectivity index (χ0n) is 16.4. The molecule has 0 radical (unpaired) electrons. The Morgan fingerprint density at radius 2 is 1.85 bits per heavy atom. The second-order valence-corrected chi connectivity index (χ2v) is 7.53. The van der Waals surface area contributed by atoms with Gasteiger partial charge in [-0.15, -0.1) is 0 Å². The monoisotopic (exact) mass is 370 g/mol. The van der Waals surface area contributed by atoms with Gasteiger partial charge in [0.05, 0.1) is 25.4 Å². The first-order valence-electron chi connectivity index (χ1n) is 9.65. The molecule has 0 bridgehead atoms. The van der Waals surface area contributed by atoms with Crippen molar-refractivity contribution in [2.45, 2.75) is 32.5 Å². The molecule has 27 heavy (non-hydrogen) atoms. The third-order valence-corrected chi connectivity index (χ3v) is 4.69. The van der Waals surface area contributed by atoms with Gasteiger partial charge in [-0.3, -0.25) is 9.88 Å². The lowest BCUT2D eigenvalue weighted by atomic mass is 9.98. The van der Waals surface area contributed by atoms with Crippen LogP contribution in [0.3, 0.4) is 0 Å². The second-order valence-electron chi connectivity index (χ2n) is 7.53. The van der Waals surface area contributed by atoms with E-state index >= 15 is 0 Å². The third-order valence-electron chi connectivity index (χ3n) is 4.69. The molecule has 1 saturated heterocycles. The highest BCUT2D eigenvalue weighted by Crippen LogP contribution is 2.21.